The molecule has 0 saturated carbocycles. The smallest absolute Gasteiger partial charge is 0.325 e. The van der Waals surface area contributed by atoms with Crippen molar-refractivity contribution in [3.63, 3.8) is 0 Å². The largest absolute Gasteiger partial charge is 0.494 e. The van der Waals surface area contributed by atoms with Crippen LogP contribution >= 0.6 is 0 Å². The highest BCUT2D eigenvalue weighted by Gasteiger charge is 2.61. The molecule has 0 radical (unpaired) electrons. The fourth-order valence-electron chi connectivity index (χ4n) is 4.66. The van der Waals surface area contributed by atoms with Crippen molar-refractivity contribution in [2.75, 3.05) is 19.8 Å². The molecule has 1 aliphatic carbocycles. The van der Waals surface area contributed by atoms with Crippen LogP contribution in [-0.4, -0.2) is 31.8 Å². The number of rotatable bonds is 8. The summed E-state index contributed by atoms with van der Waals surface area (Å²) < 4.78 is 23.2. The van der Waals surface area contributed by atoms with Crippen LogP contribution in [0.15, 0.2) is 54.3 Å². The van der Waals surface area contributed by atoms with Crippen LogP contribution in [0.5, 0.6) is 5.75 Å². The van der Waals surface area contributed by atoms with Gasteiger partial charge in [-0.2, -0.15) is 0 Å². The Morgan fingerprint density at radius 3 is 2.23 bits per heavy atom. The summed E-state index contributed by atoms with van der Waals surface area (Å²) in [5.74, 6) is 0.0427. The van der Waals surface area contributed by atoms with Gasteiger partial charge in [-0.05, 0) is 38.0 Å². The summed E-state index contributed by atoms with van der Waals surface area (Å²) in [4.78, 5) is 25.7. The van der Waals surface area contributed by atoms with Crippen LogP contribution in [0.1, 0.15) is 49.8 Å². The van der Waals surface area contributed by atoms with Gasteiger partial charge in [0.2, 0.25) is 0 Å². The molecule has 2 atom stereocenters. The predicted octanol–water partition coefficient (Wildman–Crippen LogP) is 4.34. The van der Waals surface area contributed by atoms with Crippen LogP contribution in [0.3, 0.4) is 0 Å². The van der Waals surface area contributed by atoms with Crippen molar-refractivity contribution in [2.24, 2.45) is 0 Å². The van der Waals surface area contributed by atoms with Gasteiger partial charge in [-0.1, -0.05) is 42.5 Å². The van der Waals surface area contributed by atoms with Gasteiger partial charge in [-0.25, -0.2) is 0 Å². The van der Waals surface area contributed by atoms with Gasteiger partial charge in [0, 0.05) is 0 Å². The van der Waals surface area contributed by atoms with Gasteiger partial charge in [0.1, 0.15) is 16.9 Å². The van der Waals surface area contributed by atoms with E-state index < -0.39 is 23.3 Å². The van der Waals surface area contributed by atoms with E-state index in [1.807, 2.05) is 69.3 Å². The highest BCUT2D eigenvalue weighted by atomic mass is 16.6. The highest BCUT2D eigenvalue weighted by molar-refractivity contribution is 6.03. The molecule has 2 aromatic carbocycles. The Balaban J connectivity index is 2.03. The maximum Gasteiger partial charge on any atom is 0.325 e. The standard InChI is InChI=1S/C25H26O6/c1-4-28-18-14-10-13-17-20(18)22(29-5-2)23(30-6-3)21(17)25(15-19(26)31-24(25)27)16-11-8-7-9-12-16/h7-14,21H,4-6,15H2,1-3H3. The normalized spacial score (nSPS) is 22.4. The maximum atomic E-state index is 13.3. The predicted molar refractivity (Wildman–Crippen MR) is 114 cm³/mol. The Morgan fingerprint density at radius 2 is 1.61 bits per heavy atom. The molecule has 2 unspecified atom stereocenters. The molecule has 2 aliphatic rings. The molecule has 162 valence electrons. The summed E-state index contributed by atoms with van der Waals surface area (Å²) in [5.41, 5.74) is 1.05. The lowest BCUT2D eigenvalue weighted by molar-refractivity contribution is -0.154. The van der Waals surface area contributed by atoms with E-state index >= 15 is 0 Å². The van der Waals surface area contributed by atoms with Crippen LogP contribution in [-0.2, 0) is 29.2 Å². The Kier molecular flexibility index (Phi) is 5.72. The van der Waals surface area contributed by atoms with Gasteiger partial charge in [-0.3, -0.25) is 9.59 Å². The Morgan fingerprint density at radius 1 is 0.903 bits per heavy atom. The van der Waals surface area contributed by atoms with Crippen molar-refractivity contribution >= 4 is 17.7 Å². The van der Waals surface area contributed by atoms with Crippen LogP contribution in [0, 0.1) is 0 Å². The van der Waals surface area contributed by atoms with E-state index in [0.29, 0.717) is 42.7 Å². The minimum absolute atomic E-state index is 0.0746. The molecule has 0 amide bonds. The first kappa shape index (κ1) is 21.0. The number of esters is 2. The minimum Gasteiger partial charge on any atom is -0.494 e. The third kappa shape index (κ3) is 3.26. The van der Waals surface area contributed by atoms with Crippen molar-refractivity contribution in [2.45, 2.75) is 38.5 Å². The van der Waals surface area contributed by atoms with Gasteiger partial charge in [0.05, 0.1) is 37.7 Å². The van der Waals surface area contributed by atoms with Gasteiger partial charge in [-0.15, -0.1) is 0 Å². The second kappa shape index (κ2) is 8.46. The first-order valence-electron chi connectivity index (χ1n) is 10.6. The molecule has 0 bridgehead atoms. The molecule has 1 saturated heterocycles. The van der Waals surface area contributed by atoms with Crippen LogP contribution in [0.2, 0.25) is 0 Å². The Bertz CT molecular complexity index is 1030. The number of hydrogen-bond acceptors (Lipinski definition) is 6. The molecule has 0 spiro atoms. The van der Waals surface area contributed by atoms with Crippen LogP contribution in [0.4, 0.5) is 0 Å². The molecular formula is C25H26O6. The molecule has 2 aromatic rings. The van der Waals surface area contributed by atoms with Gasteiger partial charge < -0.3 is 18.9 Å². The average Bonchev–Trinajstić information content (AvgIpc) is 3.24. The lowest BCUT2D eigenvalue weighted by Gasteiger charge is -2.33. The second-order valence-electron chi connectivity index (χ2n) is 7.42. The van der Waals surface area contributed by atoms with Crippen molar-refractivity contribution in [1.29, 1.82) is 0 Å². The van der Waals surface area contributed by atoms with Gasteiger partial charge in [0.15, 0.2) is 5.76 Å². The highest BCUT2D eigenvalue weighted by Crippen LogP contribution is 2.58. The van der Waals surface area contributed by atoms with Crippen molar-refractivity contribution in [3.05, 3.63) is 71.0 Å². The molecule has 0 aromatic heterocycles. The molecular weight excluding hydrogens is 396 g/mol. The van der Waals surface area contributed by atoms with E-state index in [-0.39, 0.29) is 6.42 Å². The molecule has 1 aliphatic heterocycles. The van der Waals surface area contributed by atoms with E-state index in [4.69, 9.17) is 18.9 Å². The van der Waals surface area contributed by atoms with E-state index in [9.17, 15) is 9.59 Å². The summed E-state index contributed by atoms with van der Waals surface area (Å²) in [6.45, 7) is 6.97. The zero-order chi connectivity index (χ0) is 22.0. The van der Waals surface area contributed by atoms with E-state index in [2.05, 4.69) is 0 Å². The lowest BCUT2D eigenvalue weighted by Crippen LogP contribution is -2.39. The number of carbonyl (C=O) groups excluding carboxylic acids is 2. The van der Waals surface area contributed by atoms with Gasteiger partial charge >= 0.3 is 11.9 Å². The summed E-state index contributed by atoms with van der Waals surface area (Å²) >= 11 is 0. The maximum absolute atomic E-state index is 13.3. The lowest BCUT2D eigenvalue weighted by atomic mass is 9.66. The zero-order valence-corrected chi connectivity index (χ0v) is 18.0. The number of ether oxygens (including phenoxy) is 4. The third-order valence-electron chi connectivity index (χ3n) is 5.75. The van der Waals surface area contributed by atoms with E-state index in [1.165, 1.54) is 0 Å². The summed E-state index contributed by atoms with van der Waals surface area (Å²) in [5, 5.41) is 0. The monoisotopic (exact) mass is 422 g/mol. The first-order chi connectivity index (χ1) is 15.1. The van der Waals surface area contributed by atoms with Crippen molar-refractivity contribution in [3.8, 4) is 5.75 Å². The van der Waals surface area contributed by atoms with Crippen molar-refractivity contribution in [1.82, 2.24) is 0 Å². The molecule has 0 N–H and O–H groups in total. The fraction of sp³-hybridized carbons (Fsp3) is 0.360. The quantitative estimate of drug-likeness (QED) is 0.466. The molecule has 1 fully saturated rings. The molecule has 4 rings (SSSR count). The number of hydrogen-bond donors (Lipinski definition) is 0. The molecule has 6 heteroatoms. The second-order valence-corrected chi connectivity index (χ2v) is 7.42. The number of benzene rings is 2. The first-order valence-corrected chi connectivity index (χ1v) is 10.6. The van der Waals surface area contributed by atoms with Crippen molar-refractivity contribution < 1.29 is 28.5 Å². The summed E-state index contributed by atoms with van der Waals surface area (Å²) in [7, 11) is 0. The molecule has 31 heavy (non-hydrogen) atoms. The molecule has 1 heterocycles. The summed E-state index contributed by atoms with van der Waals surface area (Å²) in [6.07, 6.45) is -0.0746. The fourth-order valence-corrected chi connectivity index (χ4v) is 4.66. The number of allylic oxidation sites excluding steroid dienone is 1. The number of cyclic esters (lactones) is 2. The third-order valence-corrected chi connectivity index (χ3v) is 5.75. The Labute approximate surface area is 181 Å². The number of carbonyl (C=O) groups is 2. The van der Waals surface area contributed by atoms with E-state index in [1.54, 1.807) is 0 Å². The van der Waals surface area contributed by atoms with Crippen LogP contribution in [0.25, 0.3) is 5.76 Å². The van der Waals surface area contributed by atoms with Gasteiger partial charge in [0.25, 0.3) is 0 Å². The molecule has 6 nitrogen and oxygen atoms in total. The minimum atomic E-state index is -1.25. The number of fused-ring (bicyclic) bond motifs is 1. The average molecular weight is 422 g/mol. The summed E-state index contributed by atoms with van der Waals surface area (Å²) in [6, 6.07) is 15.0. The zero-order valence-electron chi connectivity index (χ0n) is 18.0. The SMILES string of the molecule is CCOC1=C(OCC)C(C2(c3ccccc3)CC(=O)OC2=O)c2cccc(OCC)c21. The Hall–Kier alpha value is -3.28. The van der Waals surface area contributed by atoms with E-state index in [0.717, 1.165) is 11.1 Å². The van der Waals surface area contributed by atoms with Crippen LogP contribution < -0.4 is 4.74 Å². The topological polar surface area (TPSA) is 71.1 Å².